The van der Waals surface area contributed by atoms with Crippen LogP contribution in [0.4, 0.5) is 5.95 Å². The van der Waals surface area contributed by atoms with Crippen LogP contribution in [0.25, 0.3) is 0 Å². The highest BCUT2D eigenvalue weighted by Crippen LogP contribution is 2.31. The number of phenols is 1. The number of hydrogen-bond donors (Lipinski definition) is 1. The number of para-hydroxylation sites is 1. The lowest BCUT2D eigenvalue weighted by molar-refractivity contribution is 0.0644. The topological polar surface area (TPSA) is 104 Å². The first-order valence-electron chi connectivity index (χ1n) is 8.29. The highest BCUT2D eigenvalue weighted by atomic mass is 32.2. The molecule has 0 bridgehead atoms. The Kier molecular flexibility index (Phi) is 4.03. The summed E-state index contributed by atoms with van der Waals surface area (Å²) in [7, 11) is -3.28. The van der Waals surface area contributed by atoms with Crippen molar-refractivity contribution >= 4 is 21.7 Å². The molecule has 0 saturated carbocycles. The summed E-state index contributed by atoms with van der Waals surface area (Å²) in [6.45, 7) is 0.766. The van der Waals surface area contributed by atoms with Gasteiger partial charge in [0.2, 0.25) is 5.95 Å². The second-order valence-electron chi connectivity index (χ2n) is 6.47. The lowest BCUT2D eigenvalue weighted by Gasteiger charge is -2.43. The van der Waals surface area contributed by atoms with Crippen LogP contribution in [0.1, 0.15) is 10.4 Å². The van der Waals surface area contributed by atoms with E-state index in [9.17, 15) is 18.3 Å². The van der Waals surface area contributed by atoms with E-state index in [0.29, 0.717) is 19.0 Å². The summed E-state index contributed by atoms with van der Waals surface area (Å²) >= 11 is 0. The summed E-state index contributed by atoms with van der Waals surface area (Å²) in [5.74, 6) is -0.136. The van der Waals surface area contributed by atoms with Gasteiger partial charge < -0.3 is 14.9 Å². The number of rotatable bonds is 2. The van der Waals surface area contributed by atoms with Gasteiger partial charge in [-0.1, -0.05) is 12.1 Å². The Hall–Kier alpha value is -2.68. The Morgan fingerprint density at radius 1 is 1.04 bits per heavy atom. The fraction of sp³-hybridized carbons (Fsp3) is 0.353. The number of hydrogen-bond acceptors (Lipinski definition) is 7. The number of carbonyl (C=O) groups is 1. The Bertz CT molecular complexity index is 935. The summed E-state index contributed by atoms with van der Waals surface area (Å²) in [5.41, 5.74) is 0.181. The molecule has 2 aromatic rings. The number of anilines is 1. The lowest BCUT2D eigenvalue weighted by Crippen LogP contribution is -2.61. The van der Waals surface area contributed by atoms with E-state index in [-0.39, 0.29) is 28.7 Å². The first-order chi connectivity index (χ1) is 12.5. The molecule has 136 valence electrons. The quantitative estimate of drug-likeness (QED) is 0.807. The van der Waals surface area contributed by atoms with Gasteiger partial charge in [0.15, 0.2) is 9.84 Å². The van der Waals surface area contributed by atoms with Crippen LogP contribution >= 0.6 is 0 Å². The molecule has 3 heterocycles. The van der Waals surface area contributed by atoms with Gasteiger partial charge in [-0.15, -0.1) is 0 Å². The normalized spacial score (nSPS) is 24.3. The van der Waals surface area contributed by atoms with Crippen LogP contribution in [-0.2, 0) is 9.84 Å². The minimum absolute atomic E-state index is 0.0412. The van der Waals surface area contributed by atoms with Crippen molar-refractivity contribution in [2.75, 3.05) is 29.5 Å². The molecule has 2 fully saturated rings. The van der Waals surface area contributed by atoms with Gasteiger partial charge in [-0.05, 0) is 18.2 Å². The molecule has 2 aliphatic heterocycles. The maximum Gasteiger partial charge on any atom is 0.258 e. The Morgan fingerprint density at radius 2 is 1.73 bits per heavy atom. The van der Waals surface area contributed by atoms with Crippen LogP contribution in [0, 0.1) is 0 Å². The average molecular weight is 374 g/mol. The largest absolute Gasteiger partial charge is 0.507 e. The first kappa shape index (κ1) is 16.8. The third kappa shape index (κ3) is 2.88. The van der Waals surface area contributed by atoms with Crippen LogP contribution in [0.15, 0.2) is 42.7 Å². The van der Waals surface area contributed by atoms with Crippen molar-refractivity contribution < 1.29 is 18.3 Å². The Balaban J connectivity index is 1.68. The van der Waals surface area contributed by atoms with Crippen molar-refractivity contribution in [1.82, 2.24) is 14.9 Å². The number of aromatic hydroxyl groups is 1. The maximum absolute atomic E-state index is 12.9. The van der Waals surface area contributed by atoms with Gasteiger partial charge in [-0.25, -0.2) is 18.4 Å². The number of sulfone groups is 1. The molecule has 1 N–H and O–H groups in total. The molecule has 2 aliphatic rings. The molecule has 1 aromatic heterocycles. The predicted octanol–water partition coefficient (Wildman–Crippen LogP) is 0.310. The summed E-state index contributed by atoms with van der Waals surface area (Å²) < 4.78 is 24.6. The summed E-state index contributed by atoms with van der Waals surface area (Å²) in [6, 6.07) is 7.11. The number of benzene rings is 1. The van der Waals surface area contributed by atoms with Gasteiger partial charge in [-0.3, -0.25) is 4.79 Å². The zero-order chi connectivity index (χ0) is 18.3. The van der Waals surface area contributed by atoms with Gasteiger partial charge in [0, 0.05) is 25.5 Å². The minimum Gasteiger partial charge on any atom is -0.507 e. The molecule has 2 saturated heterocycles. The monoisotopic (exact) mass is 374 g/mol. The molecule has 0 spiro atoms. The van der Waals surface area contributed by atoms with Crippen LogP contribution in [-0.4, -0.2) is 71.0 Å². The van der Waals surface area contributed by atoms with Gasteiger partial charge in [0.05, 0.1) is 29.2 Å². The molecule has 8 nitrogen and oxygen atoms in total. The van der Waals surface area contributed by atoms with Crippen LogP contribution in [0.5, 0.6) is 5.75 Å². The standard InChI is InChI=1S/C17H18N4O4S/c22-15-5-2-1-4-12(15)16(23)20-8-9-21(17-18-6-3-7-19-17)14-11-26(24,25)10-13(14)20/h1-7,13-14,22H,8-11H2/t13-,14+/m0/s1. The van der Waals surface area contributed by atoms with Gasteiger partial charge >= 0.3 is 0 Å². The molecule has 1 aromatic carbocycles. The first-order valence-corrected chi connectivity index (χ1v) is 10.1. The second kappa shape index (κ2) is 6.24. The van der Waals surface area contributed by atoms with Crippen molar-refractivity contribution in [3.63, 3.8) is 0 Å². The van der Waals surface area contributed by atoms with E-state index in [2.05, 4.69) is 9.97 Å². The third-order valence-electron chi connectivity index (χ3n) is 4.88. The van der Waals surface area contributed by atoms with Crippen molar-refractivity contribution in [2.24, 2.45) is 0 Å². The number of piperazine rings is 1. The van der Waals surface area contributed by atoms with Crippen LogP contribution < -0.4 is 4.90 Å². The van der Waals surface area contributed by atoms with Gasteiger partial charge in [0.25, 0.3) is 5.91 Å². The fourth-order valence-corrected chi connectivity index (χ4v) is 5.68. The number of amides is 1. The van der Waals surface area contributed by atoms with Crippen molar-refractivity contribution in [3.8, 4) is 5.75 Å². The average Bonchev–Trinajstić information content (AvgIpc) is 2.96. The maximum atomic E-state index is 12.9. The molecule has 1 amide bonds. The number of aromatic nitrogens is 2. The number of fused-ring (bicyclic) bond motifs is 1. The highest BCUT2D eigenvalue weighted by Gasteiger charge is 2.49. The number of phenolic OH excluding ortho intramolecular Hbond substituents is 1. The molecule has 26 heavy (non-hydrogen) atoms. The van der Waals surface area contributed by atoms with Crippen molar-refractivity contribution in [2.45, 2.75) is 12.1 Å². The molecule has 0 unspecified atom stereocenters. The van der Waals surface area contributed by atoms with E-state index in [1.807, 2.05) is 4.90 Å². The van der Waals surface area contributed by atoms with E-state index in [1.165, 1.54) is 6.07 Å². The minimum atomic E-state index is -3.28. The molecule has 9 heteroatoms. The van der Waals surface area contributed by atoms with Crippen molar-refractivity contribution in [3.05, 3.63) is 48.3 Å². The zero-order valence-electron chi connectivity index (χ0n) is 13.9. The molecule has 0 aliphatic carbocycles. The Labute approximate surface area is 151 Å². The molecule has 2 atom stereocenters. The van der Waals surface area contributed by atoms with Gasteiger partial charge in [-0.2, -0.15) is 0 Å². The predicted molar refractivity (Wildman–Crippen MR) is 94.8 cm³/mol. The zero-order valence-corrected chi connectivity index (χ0v) is 14.7. The van der Waals surface area contributed by atoms with E-state index in [1.54, 1.807) is 41.6 Å². The smallest absolute Gasteiger partial charge is 0.258 e. The van der Waals surface area contributed by atoms with Crippen LogP contribution in [0.3, 0.4) is 0 Å². The highest BCUT2D eigenvalue weighted by molar-refractivity contribution is 7.91. The van der Waals surface area contributed by atoms with E-state index >= 15 is 0 Å². The number of nitrogens with zero attached hydrogens (tertiary/aromatic N) is 4. The second-order valence-corrected chi connectivity index (χ2v) is 8.62. The SMILES string of the molecule is O=C(c1ccccc1O)N1CCN(c2ncccn2)[C@@H]2CS(=O)(=O)C[C@@H]21. The Morgan fingerprint density at radius 3 is 2.46 bits per heavy atom. The van der Waals surface area contributed by atoms with E-state index < -0.39 is 21.9 Å². The van der Waals surface area contributed by atoms with Crippen molar-refractivity contribution in [1.29, 1.82) is 0 Å². The third-order valence-corrected chi connectivity index (χ3v) is 6.58. The molecule has 4 rings (SSSR count). The summed E-state index contributed by atoms with van der Waals surface area (Å²) in [6.07, 6.45) is 3.22. The molecular formula is C17H18N4O4S. The summed E-state index contributed by atoms with van der Waals surface area (Å²) in [4.78, 5) is 24.8. The van der Waals surface area contributed by atoms with Crippen LogP contribution in [0.2, 0.25) is 0 Å². The van der Waals surface area contributed by atoms with Gasteiger partial charge in [0.1, 0.15) is 5.75 Å². The van der Waals surface area contributed by atoms with E-state index in [4.69, 9.17) is 0 Å². The lowest BCUT2D eigenvalue weighted by atomic mass is 10.0. The fourth-order valence-electron chi connectivity index (χ4n) is 3.70. The molecule has 0 radical (unpaired) electrons. The summed E-state index contributed by atoms with van der Waals surface area (Å²) in [5, 5.41) is 9.99. The number of carbonyl (C=O) groups excluding carboxylic acids is 1. The van der Waals surface area contributed by atoms with E-state index in [0.717, 1.165) is 0 Å². The molecular weight excluding hydrogens is 356 g/mol.